The van der Waals surface area contributed by atoms with Crippen molar-refractivity contribution in [2.75, 3.05) is 6.54 Å². The van der Waals surface area contributed by atoms with Crippen molar-refractivity contribution in [2.45, 2.75) is 58.9 Å². The fraction of sp³-hybridized carbons (Fsp3) is 0.667. The van der Waals surface area contributed by atoms with Crippen molar-refractivity contribution < 1.29 is 4.39 Å². The van der Waals surface area contributed by atoms with Gasteiger partial charge in [-0.25, -0.2) is 4.39 Å². The van der Waals surface area contributed by atoms with Crippen LogP contribution in [0.25, 0.3) is 0 Å². The second-order valence-electron chi connectivity index (χ2n) is 7.11. The van der Waals surface area contributed by atoms with Crippen LogP contribution < -0.4 is 5.32 Å². The van der Waals surface area contributed by atoms with E-state index in [1.54, 1.807) is 6.07 Å². The molecule has 1 aromatic rings. The van der Waals surface area contributed by atoms with Crippen LogP contribution >= 0.6 is 15.9 Å². The molecule has 0 heterocycles. The topological polar surface area (TPSA) is 12.0 Å². The summed E-state index contributed by atoms with van der Waals surface area (Å²) in [5.41, 5.74) is 1.57. The predicted molar refractivity (Wildman–Crippen MR) is 91.0 cm³/mol. The molecule has 0 saturated heterocycles. The van der Waals surface area contributed by atoms with Crippen LogP contribution in [0, 0.1) is 17.2 Å². The number of halogens is 2. The Morgan fingerprint density at radius 1 is 1.33 bits per heavy atom. The van der Waals surface area contributed by atoms with Crippen LogP contribution in [0.3, 0.4) is 0 Å². The zero-order valence-electron chi connectivity index (χ0n) is 13.4. The standard InChI is InChI=1S/C18H27BrFN/c1-4-21-17(13-7-9-18(2,3)10-8-13)12-14-11-15(20)5-6-16(14)19/h5-6,11,13,17,21H,4,7-10,12H2,1-3H3. The first kappa shape index (κ1) is 17.0. The Morgan fingerprint density at radius 2 is 2.00 bits per heavy atom. The highest BCUT2D eigenvalue weighted by molar-refractivity contribution is 9.10. The van der Waals surface area contributed by atoms with Crippen LogP contribution in [0.2, 0.25) is 0 Å². The Hall–Kier alpha value is -0.410. The minimum Gasteiger partial charge on any atom is -0.314 e. The summed E-state index contributed by atoms with van der Waals surface area (Å²) >= 11 is 3.56. The lowest BCUT2D eigenvalue weighted by Crippen LogP contribution is -2.40. The molecule has 21 heavy (non-hydrogen) atoms. The second kappa shape index (κ2) is 7.23. The Balaban J connectivity index is 2.07. The minimum absolute atomic E-state index is 0.145. The molecule has 0 amide bonds. The SMILES string of the molecule is CCNC(Cc1cc(F)ccc1Br)C1CCC(C)(C)CC1. The lowest BCUT2D eigenvalue weighted by Gasteiger charge is -2.38. The first-order valence-electron chi connectivity index (χ1n) is 8.08. The molecule has 0 aromatic heterocycles. The number of rotatable bonds is 5. The van der Waals surface area contributed by atoms with Gasteiger partial charge in [-0.15, -0.1) is 0 Å². The molecule has 0 bridgehead atoms. The molecular formula is C18H27BrFN. The average Bonchev–Trinajstić information content (AvgIpc) is 2.42. The van der Waals surface area contributed by atoms with Gasteiger partial charge in [0.25, 0.3) is 0 Å². The van der Waals surface area contributed by atoms with Gasteiger partial charge in [-0.2, -0.15) is 0 Å². The fourth-order valence-corrected chi connectivity index (χ4v) is 3.84. The van der Waals surface area contributed by atoms with Crippen molar-refractivity contribution in [2.24, 2.45) is 11.3 Å². The third-order valence-electron chi connectivity index (χ3n) is 4.87. The molecule has 1 fully saturated rings. The molecule has 118 valence electrons. The summed E-state index contributed by atoms with van der Waals surface area (Å²) in [6.45, 7) is 7.86. The highest BCUT2D eigenvalue weighted by atomic mass is 79.9. The number of likely N-dealkylation sites (N-methyl/N-ethyl adjacent to an activating group) is 1. The number of benzene rings is 1. The van der Waals surface area contributed by atoms with Gasteiger partial charge < -0.3 is 5.32 Å². The van der Waals surface area contributed by atoms with E-state index in [1.807, 2.05) is 6.07 Å². The zero-order valence-corrected chi connectivity index (χ0v) is 15.0. The maximum atomic E-state index is 13.5. The average molecular weight is 356 g/mol. The van der Waals surface area contributed by atoms with Gasteiger partial charge in [0.05, 0.1) is 0 Å². The fourth-order valence-electron chi connectivity index (χ4n) is 3.43. The van der Waals surface area contributed by atoms with Gasteiger partial charge in [-0.1, -0.05) is 36.7 Å². The van der Waals surface area contributed by atoms with Gasteiger partial charge in [-0.05, 0) is 73.7 Å². The molecule has 1 saturated carbocycles. The van der Waals surface area contributed by atoms with Crippen LogP contribution in [-0.2, 0) is 6.42 Å². The number of nitrogens with one attached hydrogen (secondary N) is 1. The van der Waals surface area contributed by atoms with Gasteiger partial charge >= 0.3 is 0 Å². The summed E-state index contributed by atoms with van der Waals surface area (Å²) < 4.78 is 14.5. The van der Waals surface area contributed by atoms with Crippen molar-refractivity contribution >= 4 is 15.9 Å². The van der Waals surface area contributed by atoms with E-state index in [9.17, 15) is 4.39 Å². The molecule has 1 N–H and O–H groups in total. The molecule has 0 radical (unpaired) electrons. The zero-order chi connectivity index (χ0) is 15.5. The molecule has 2 rings (SSSR count). The van der Waals surface area contributed by atoms with Crippen LogP contribution in [0.15, 0.2) is 22.7 Å². The molecule has 1 nitrogen and oxygen atoms in total. The van der Waals surface area contributed by atoms with Crippen LogP contribution in [0.4, 0.5) is 4.39 Å². The highest BCUT2D eigenvalue weighted by Gasteiger charge is 2.31. The second-order valence-corrected chi connectivity index (χ2v) is 7.96. The third kappa shape index (κ3) is 4.79. The molecule has 0 spiro atoms. The maximum absolute atomic E-state index is 13.5. The maximum Gasteiger partial charge on any atom is 0.123 e. The van der Waals surface area contributed by atoms with E-state index in [-0.39, 0.29) is 5.82 Å². The smallest absolute Gasteiger partial charge is 0.123 e. The van der Waals surface area contributed by atoms with Crippen molar-refractivity contribution in [1.29, 1.82) is 0 Å². The quantitative estimate of drug-likeness (QED) is 0.752. The molecule has 3 heteroatoms. The third-order valence-corrected chi connectivity index (χ3v) is 5.64. The number of hydrogen-bond acceptors (Lipinski definition) is 1. The summed E-state index contributed by atoms with van der Waals surface area (Å²) in [5, 5.41) is 3.63. The van der Waals surface area contributed by atoms with Crippen molar-refractivity contribution in [3.8, 4) is 0 Å². The van der Waals surface area contributed by atoms with E-state index >= 15 is 0 Å². The molecule has 1 aromatic carbocycles. The van der Waals surface area contributed by atoms with Gasteiger partial charge in [0.15, 0.2) is 0 Å². The Kier molecular flexibility index (Phi) is 5.84. The first-order chi connectivity index (χ1) is 9.91. The van der Waals surface area contributed by atoms with Crippen LogP contribution in [0.1, 0.15) is 52.0 Å². The summed E-state index contributed by atoms with van der Waals surface area (Å²) in [5.74, 6) is 0.557. The first-order valence-corrected chi connectivity index (χ1v) is 8.88. The van der Waals surface area contributed by atoms with Crippen LogP contribution in [-0.4, -0.2) is 12.6 Å². The molecular weight excluding hydrogens is 329 g/mol. The van der Waals surface area contributed by atoms with Crippen LogP contribution in [0.5, 0.6) is 0 Å². The van der Waals surface area contributed by atoms with Gasteiger partial charge in [0, 0.05) is 10.5 Å². The van der Waals surface area contributed by atoms with Gasteiger partial charge in [-0.3, -0.25) is 0 Å². The van der Waals surface area contributed by atoms with E-state index < -0.39 is 0 Å². The van der Waals surface area contributed by atoms with E-state index in [1.165, 1.54) is 31.7 Å². The normalized spacial score (nSPS) is 20.4. The Labute approximate surface area is 136 Å². The lowest BCUT2D eigenvalue weighted by atomic mass is 9.70. The van der Waals surface area contributed by atoms with Crippen molar-refractivity contribution in [3.05, 3.63) is 34.1 Å². The lowest BCUT2D eigenvalue weighted by molar-refractivity contribution is 0.161. The molecule has 1 unspecified atom stereocenters. The molecule has 1 atom stereocenters. The van der Waals surface area contributed by atoms with E-state index in [0.29, 0.717) is 17.4 Å². The minimum atomic E-state index is -0.145. The van der Waals surface area contributed by atoms with Crippen molar-refractivity contribution in [1.82, 2.24) is 5.32 Å². The summed E-state index contributed by atoms with van der Waals surface area (Å²) in [4.78, 5) is 0. The monoisotopic (exact) mass is 355 g/mol. The van der Waals surface area contributed by atoms with Gasteiger partial charge in [0.1, 0.15) is 5.82 Å². The Morgan fingerprint density at radius 3 is 2.62 bits per heavy atom. The Bertz CT molecular complexity index is 462. The summed E-state index contributed by atoms with van der Waals surface area (Å²) in [6.07, 6.45) is 6.04. The molecule has 1 aliphatic rings. The predicted octanol–water partition coefficient (Wildman–Crippen LogP) is 5.33. The molecule has 0 aliphatic heterocycles. The largest absolute Gasteiger partial charge is 0.314 e. The number of hydrogen-bond donors (Lipinski definition) is 1. The summed E-state index contributed by atoms with van der Waals surface area (Å²) in [6, 6.07) is 5.45. The van der Waals surface area contributed by atoms with Crippen molar-refractivity contribution in [3.63, 3.8) is 0 Å². The molecule has 1 aliphatic carbocycles. The van der Waals surface area contributed by atoms with E-state index in [4.69, 9.17) is 0 Å². The van der Waals surface area contributed by atoms with E-state index in [0.717, 1.165) is 23.0 Å². The highest BCUT2D eigenvalue weighted by Crippen LogP contribution is 2.40. The van der Waals surface area contributed by atoms with Gasteiger partial charge in [0.2, 0.25) is 0 Å². The summed E-state index contributed by atoms with van der Waals surface area (Å²) in [7, 11) is 0. The van der Waals surface area contributed by atoms with E-state index in [2.05, 4.69) is 42.0 Å².